The van der Waals surface area contributed by atoms with Gasteiger partial charge in [-0.15, -0.1) is 0 Å². The molecule has 0 aliphatic rings. The summed E-state index contributed by atoms with van der Waals surface area (Å²) < 4.78 is 45.9. The predicted octanol–water partition coefficient (Wildman–Crippen LogP) is 5.43. The van der Waals surface area contributed by atoms with Gasteiger partial charge >= 0.3 is 0 Å². The molecule has 0 N–H and O–H groups in total. The fraction of sp³-hybridized carbons (Fsp3) is 0.200. The fourth-order valence-corrected chi connectivity index (χ4v) is 3.35. The van der Waals surface area contributed by atoms with Gasteiger partial charge in [-0.05, 0) is 69.4 Å². The highest BCUT2D eigenvalue weighted by Gasteiger charge is 2.07. The molecule has 0 atom stereocenters. The normalized spacial score (nSPS) is 14.8. The van der Waals surface area contributed by atoms with E-state index in [2.05, 4.69) is 19.9 Å². The summed E-state index contributed by atoms with van der Waals surface area (Å²) in [6.07, 6.45) is 0.619. The summed E-state index contributed by atoms with van der Waals surface area (Å²) in [4.78, 5) is 16.8. The Balaban J connectivity index is 1.64. The Hall–Kier alpha value is -3.40. The minimum absolute atomic E-state index is 0.0228. The number of aromatic nitrogens is 4. The van der Waals surface area contributed by atoms with Crippen molar-refractivity contribution in [1.29, 1.82) is 0 Å². The monoisotopic (exact) mass is 386 g/mol. The van der Waals surface area contributed by atoms with E-state index in [9.17, 15) is 0 Å². The molecule has 0 spiro atoms. The van der Waals surface area contributed by atoms with Crippen LogP contribution < -0.4 is 0 Å². The molecule has 4 nitrogen and oxygen atoms in total. The second kappa shape index (κ2) is 7.92. The molecular formula is C25H24N4. The minimum Gasteiger partial charge on any atom is -0.239 e. The Morgan fingerprint density at radius 3 is 1.86 bits per heavy atom. The largest absolute Gasteiger partial charge is 0.239 e. The summed E-state index contributed by atoms with van der Waals surface area (Å²) in [6.45, 7) is -1.25. The third-order valence-corrected chi connectivity index (χ3v) is 4.55. The molecule has 0 unspecified atom stereocenters. The highest BCUT2D eigenvalue weighted by Crippen LogP contribution is 2.23. The molecule has 2 aromatic carbocycles. The van der Waals surface area contributed by atoms with Crippen LogP contribution in [-0.4, -0.2) is 19.9 Å². The van der Waals surface area contributed by atoms with Crippen LogP contribution in [0.2, 0.25) is 0 Å². The quantitative estimate of drug-likeness (QED) is 0.469. The lowest BCUT2D eigenvalue weighted by molar-refractivity contribution is 1.02. The van der Waals surface area contributed by atoms with Crippen LogP contribution in [0.3, 0.4) is 0 Å². The molecular weight excluding hydrogens is 356 g/mol. The summed E-state index contributed by atoms with van der Waals surface area (Å²) in [5.74, 6) is 0.241. The van der Waals surface area contributed by atoms with Crippen LogP contribution in [0.1, 0.15) is 42.4 Å². The molecule has 0 aliphatic carbocycles. The molecule has 2 heterocycles. The molecule has 0 saturated heterocycles. The zero-order valence-electron chi connectivity index (χ0n) is 22.3. The van der Waals surface area contributed by atoms with Gasteiger partial charge in [0, 0.05) is 30.7 Å². The van der Waals surface area contributed by atoms with Crippen molar-refractivity contribution in [2.24, 2.45) is 0 Å². The van der Waals surface area contributed by atoms with Gasteiger partial charge in [0.25, 0.3) is 0 Å². The molecule has 0 aliphatic heterocycles. The van der Waals surface area contributed by atoms with E-state index < -0.39 is 13.7 Å². The predicted molar refractivity (Wildman–Crippen MR) is 117 cm³/mol. The molecule has 4 aromatic rings. The van der Waals surface area contributed by atoms with E-state index in [4.69, 9.17) is 8.22 Å². The second-order valence-electron chi connectivity index (χ2n) is 6.98. The Morgan fingerprint density at radius 1 is 0.655 bits per heavy atom. The lowest BCUT2D eigenvalue weighted by Gasteiger charge is -2.09. The van der Waals surface area contributed by atoms with E-state index >= 15 is 0 Å². The van der Waals surface area contributed by atoms with Crippen LogP contribution in [0, 0.1) is 27.6 Å². The summed E-state index contributed by atoms with van der Waals surface area (Å²) in [5.41, 5.74) is 5.40. The summed E-state index contributed by atoms with van der Waals surface area (Å²) in [7, 11) is 0. The standard InChI is InChI=1S/C25H24N4/c1-16-11-24(28-18(3)26-16)22-9-5-7-20(14-22)13-21-8-6-10-23(15-21)25-12-17(2)27-19(4)29-25/h5-12,14-15H,13H2,1-4H3/i1D3,4D3. The molecule has 4 rings (SSSR count). The van der Waals surface area contributed by atoms with Gasteiger partial charge in [0.2, 0.25) is 0 Å². The molecule has 0 radical (unpaired) electrons. The molecule has 0 bridgehead atoms. The molecule has 144 valence electrons. The van der Waals surface area contributed by atoms with Gasteiger partial charge in [0.05, 0.1) is 11.4 Å². The van der Waals surface area contributed by atoms with Gasteiger partial charge < -0.3 is 0 Å². The van der Waals surface area contributed by atoms with E-state index in [-0.39, 0.29) is 11.5 Å². The van der Waals surface area contributed by atoms with Crippen LogP contribution in [-0.2, 0) is 6.42 Å². The number of rotatable bonds is 4. The van der Waals surface area contributed by atoms with Crippen LogP contribution in [0.5, 0.6) is 0 Å². The lowest BCUT2D eigenvalue weighted by atomic mass is 9.99. The smallest absolute Gasteiger partial charge is 0.126 e. The molecule has 0 amide bonds. The highest BCUT2D eigenvalue weighted by atomic mass is 14.9. The maximum absolute atomic E-state index is 7.67. The first-order valence-corrected chi connectivity index (χ1v) is 9.29. The van der Waals surface area contributed by atoms with Gasteiger partial charge in [-0.1, -0.05) is 36.4 Å². The Labute approximate surface area is 180 Å². The van der Waals surface area contributed by atoms with E-state index in [1.54, 1.807) is 19.9 Å². The SMILES string of the molecule is [2H]C([2H])([2H])c1cc(-c2cccc(Cc3cccc(-c4cc(C)nc(C([2H])([2H])[2H])n4)c3)c2)nc(C)n1. The van der Waals surface area contributed by atoms with Crippen molar-refractivity contribution in [3.63, 3.8) is 0 Å². The van der Waals surface area contributed by atoms with E-state index in [0.29, 0.717) is 29.3 Å². The number of aryl methyl sites for hydroxylation is 4. The van der Waals surface area contributed by atoms with Gasteiger partial charge in [0.1, 0.15) is 11.6 Å². The van der Waals surface area contributed by atoms with Crippen LogP contribution in [0.4, 0.5) is 0 Å². The number of hydrogen-bond donors (Lipinski definition) is 0. The van der Waals surface area contributed by atoms with Crippen LogP contribution in [0.15, 0.2) is 60.7 Å². The van der Waals surface area contributed by atoms with Crippen molar-refractivity contribution in [2.75, 3.05) is 0 Å². The fourth-order valence-electron chi connectivity index (χ4n) is 3.35. The molecule has 0 fully saturated rings. The number of hydrogen-bond acceptors (Lipinski definition) is 4. The summed E-state index contributed by atoms with van der Waals surface area (Å²) in [5, 5.41) is 0. The average molecular weight is 387 g/mol. The van der Waals surface area contributed by atoms with Gasteiger partial charge in [-0.25, -0.2) is 19.9 Å². The van der Waals surface area contributed by atoms with Gasteiger partial charge in [-0.3, -0.25) is 0 Å². The first-order chi connectivity index (χ1) is 16.4. The molecule has 29 heavy (non-hydrogen) atoms. The topological polar surface area (TPSA) is 51.6 Å². The van der Waals surface area contributed by atoms with Crippen molar-refractivity contribution >= 4 is 0 Å². The van der Waals surface area contributed by atoms with Crippen LogP contribution >= 0.6 is 0 Å². The third-order valence-electron chi connectivity index (χ3n) is 4.55. The van der Waals surface area contributed by atoms with Crippen molar-refractivity contribution in [2.45, 2.75) is 34.0 Å². The highest BCUT2D eigenvalue weighted by molar-refractivity contribution is 5.62. The summed E-state index contributed by atoms with van der Waals surface area (Å²) >= 11 is 0. The van der Waals surface area contributed by atoms with Crippen molar-refractivity contribution in [1.82, 2.24) is 19.9 Å². The maximum Gasteiger partial charge on any atom is 0.126 e. The van der Waals surface area contributed by atoms with Gasteiger partial charge in [0.15, 0.2) is 0 Å². The Bertz CT molecular complexity index is 1270. The molecule has 0 saturated carbocycles. The maximum atomic E-state index is 7.67. The minimum atomic E-state index is -2.38. The molecule has 4 heteroatoms. The third kappa shape index (κ3) is 4.54. The van der Waals surface area contributed by atoms with E-state index in [1.165, 1.54) is 6.07 Å². The Morgan fingerprint density at radius 2 is 1.24 bits per heavy atom. The van der Waals surface area contributed by atoms with Gasteiger partial charge in [-0.2, -0.15) is 0 Å². The second-order valence-corrected chi connectivity index (χ2v) is 6.98. The average Bonchev–Trinajstić information content (AvgIpc) is 2.77. The first-order valence-electron chi connectivity index (χ1n) is 12.3. The van der Waals surface area contributed by atoms with Crippen molar-refractivity contribution in [3.05, 3.63) is 94.8 Å². The number of benzene rings is 2. The van der Waals surface area contributed by atoms with Crippen molar-refractivity contribution < 1.29 is 8.22 Å². The zero-order chi connectivity index (χ0) is 25.4. The lowest BCUT2D eigenvalue weighted by Crippen LogP contribution is -1.96. The summed E-state index contributed by atoms with van der Waals surface area (Å²) in [6, 6.07) is 18.9. The first kappa shape index (κ1) is 12.9. The molecule has 2 aromatic heterocycles. The van der Waals surface area contributed by atoms with E-state index in [1.807, 2.05) is 48.5 Å². The Kier molecular flexibility index (Phi) is 3.53. The zero-order valence-corrected chi connectivity index (χ0v) is 16.3. The number of nitrogens with zero attached hydrogens (tertiary/aromatic N) is 4. The van der Waals surface area contributed by atoms with Crippen molar-refractivity contribution in [3.8, 4) is 22.5 Å². The van der Waals surface area contributed by atoms with E-state index in [0.717, 1.165) is 22.3 Å². The van der Waals surface area contributed by atoms with Crippen LogP contribution in [0.25, 0.3) is 22.5 Å².